The molecule has 5 aromatic rings. The van der Waals surface area contributed by atoms with Crippen LogP contribution in [0.5, 0.6) is 5.75 Å². The zero-order valence-corrected chi connectivity index (χ0v) is 29.1. The van der Waals surface area contributed by atoms with Crippen LogP contribution < -0.4 is 4.74 Å². The van der Waals surface area contributed by atoms with Crippen LogP contribution in [0.4, 0.5) is 61.5 Å². The quantitative estimate of drug-likeness (QED) is 0.0802. The Bertz CT molecular complexity index is 2130. The van der Waals surface area contributed by atoms with E-state index < -0.39 is 92.8 Å². The molecule has 1 atom stereocenters. The smallest absolute Gasteiger partial charge is 0.429 e. The van der Waals surface area contributed by atoms with E-state index >= 15 is 22.0 Å². The van der Waals surface area contributed by atoms with Crippen molar-refractivity contribution in [2.45, 2.75) is 69.8 Å². The Balaban J connectivity index is 1.33. The van der Waals surface area contributed by atoms with Crippen molar-refractivity contribution in [1.82, 2.24) is 0 Å². The largest absolute Gasteiger partial charge is 0.432 e. The zero-order chi connectivity index (χ0) is 41.2. The van der Waals surface area contributed by atoms with Crippen molar-refractivity contribution in [1.29, 1.82) is 0 Å². The highest BCUT2D eigenvalue weighted by atomic mass is 19.4. The van der Waals surface area contributed by atoms with Gasteiger partial charge in [0.25, 0.3) is 6.17 Å². The minimum atomic E-state index is -6.20. The highest BCUT2D eigenvalue weighted by Gasteiger charge is 2.59. The van der Waals surface area contributed by atoms with Gasteiger partial charge in [0.1, 0.15) is 46.2 Å². The Labute approximate surface area is 311 Å². The number of hydrogen-bond donors (Lipinski definition) is 0. The number of aryl methyl sites for hydroxylation is 1. The van der Waals surface area contributed by atoms with Gasteiger partial charge in [0, 0.05) is 17.2 Å². The van der Waals surface area contributed by atoms with Gasteiger partial charge in [-0.15, -0.1) is 0 Å². The van der Waals surface area contributed by atoms with E-state index in [4.69, 9.17) is 0 Å². The molecule has 0 N–H and O–H groups in total. The van der Waals surface area contributed by atoms with Crippen molar-refractivity contribution in [3.05, 3.63) is 137 Å². The molecule has 0 saturated carbocycles. The topological polar surface area (TPSA) is 9.23 Å². The van der Waals surface area contributed by atoms with Gasteiger partial charge < -0.3 is 4.74 Å². The number of halogens is 14. The molecule has 0 fully saturated rings. The van der Waals surface area contributed by atoms with Crippen LogP contribution in [0.1, 0.15) is 55.7 Å². The van der Waals surface area contributed by atoms with Gasteiger partial charge in [-0.3, -0.25) is 0 Å². The van der Waals surface area contributed by atoms with Crippen LogP contribution >= 0.6 is 0 Å². The summed E-state index contributed by atoms with van der Waals surface area (Å²) in [5, 5.41) is 0. The normalized spacial score (nSPS) is 12.9. The van der Waals surface area contributed by atoms with E-state index in [1.165, 1.54) is 18.6 Å². The maximum absolute atomic E-state index is 15.3. The van der Waals surface area contributed by atoms with E-state index in [0.717, 1.165) is 43.7 Å². The number of ether oxygens (including phenoxy) is 1. The number of unbranched alkanes of at least 4 members (excludes halogenated alkanes) is 4. The van der Waals surface area contributed by atoms with E-state index in [1.54, 1.807) is 12.1 Å². The van der Waals surface area contributed by atoms with E-state index in [2.05, 4.69) is 11.7 Å². The lowest BCUT2D eigenvalue weighted by atomic mass is 9.97. The van der Waals surface area contributed by atoms with Gasteiger partial charge in [-0.2, -0.15) is 30.7 Å². The second-order valence-electron chi connectivity index (χ2n) is 13.0. The van der Waals surface area contributed by atoms with Crippen molar-refractivity contribution < 1.29 is 66.2 Å². The summed E-state index contributed by atoms with van der Waals surface area (Å²) in [5.74, 6) is -17.9. The number of alkyl halides is 8. The van der Waals surface area contributed by atoms with Gasteiger partial charge >= 0.3 is 18.2 Å². The van der Waals surface area contributed by atoms with Crippen LogP contribution in [0.15, 0.2) is 84.9 Å². The molecule has 0 amide bonds. The molecule has 0 aliphatic rings. The maximum Gasteiger partial charge on any atom is 0.432 e. The van der Waals surface area contributed by atoms with Crippen LogP contribution in [0.25, 0.3) is 33.4 Å². The average Bonchev–Trinajstić information content (AvgIpc) is 3.10. The Morgan fingerprint density at radius 2 is 0.964 bits per heavy atom. The van der Waals surface area contributed by atoms with Crippen molar-refractivity contribution in [2.24, 2.45) is 0 Å². The molecule has 5 rings (SSSR count). The van der Waals surface area contributed by atoms with Crippen molar-refractivity contribution in [3.8, 4) is 39.1 Å². The van der Waals surface area contributed by atoms with Gasteiger partial charge in [0.15, 0.2) is 0 Å². The van der Waals surface area contributed by atoms with Gasteiger partial charge in [0.2, 0.25) is 0 Å². The van der Waals surface area contributed by atoms with Gasteiger partial charge in [0.05, 0.1) is 5.56 Å². The fourth-order valence-electron chi connectivity index (χ4n) is 6.10. The third-order valence-electron chi connectivity index (χ3n) is 8.95. The third-order valence-corrected chi connectivity index (χ3v) is 8.95. The standard InChI is InChI=1S/C41H30F14O/c1-2-3-4-5-6-7-22-8-10-23(11-9-22)24-12-14-28(30(42)16-24)26-19-34(46)37(35(47)20-26)41(54,55)56-27-13-15-29(31(43)21-27)25-17-32(44)36(33(45)18-25)39(49,50)38(48)40(51,52)53/h8-21,38H,2-7H2,1H3. The molecular formula is C41H30F14O. The Morgan fingerprint density at radius 1 is 0.500 bits per heavy atom. The van der Waals surface area contributed by atoms with Crippen LogP contribution in [0, 0.1) is 34.9 Å². The van der Waals surface area contributed by atoms with Crippen molar-refractivity contribution in [2.75, 3.05) is 0 Å². The number of hydrogen-bond acceptors (Lipinski definition) is 1. The molecule has 0 heterocycles. The molecule has 1 nitrogen and oxygen atoms in total. The highest BCUT2D eigenvalue weighted by molar-refractivity contribution is 5.72. The second kappa shape index (κ2) is 16.6. The van der Waals surface area contributed by atoms with E-state index in [1.807, 2.05) is 12.1 Å². The number of rotatable bonds is 14. The van der Waals surface area contributed by atoms with Crippen LogP contribution in [0.3, 0.4) is 0 Å². The predicted octanol–water partition coefficient (Wildman–Crippen LogP) is 14.2. The van der Waals surface area contributed by atoms with Gasteiger partial charge in [-0.25, -0.2) is 30.7 Å². The van der Waals surface area contributed by atoms with Crippen molar-refractivity contribution >= 4 is 0 Å². The molecule has 298 valence electrons. The van der Waals surface area contributed by atoms with Crippen molar-refractivity contribution in [3.63, 3.8) is 0 Å². The molecule has 15 heteroatoms. The first-order valence-electron chi connectivity index (χ1n) is 17.1. The van der Waals surface area contributed by atoms with Crippen LogP contribution in [0.2, 0.25) is 0 Å². The molecule has 0 aromatic heterocycles. The minimum absolute atomic E-state index is 0.0419. The molecule has 56 heavy (non-hydrogen) atoms. The summed E-state index contributed by atoms with van der Waals surface area (Å²) >= 11 is 0. The molecule has 0 bridgehead atoms. The van der Waals surface area contributed by atoms with Crippen LogP contribution in [-0.4, -0.2) is 12.3 Å². The summed E-state index contributed by atoms with van der Waals surface area (Å²) in [4.78, 5) is 0. The average molecular weight is 805 g/mol. The number of benzene rings is 5. The lowest BCUT2D eigenvalue weighted by Crippen LogP contribution is -2.40. The maximum atomic E-state index is 15.3. The summed E-state index contributed by atoms with van der Waals surface area (Å²) < 4.78 is 203. The summed E-state index contributed by atoms with van der Waals surface area (Å²) in [6, 6.07) is 13.3. The summed E-state index contributed by atoms with van der Waals surface area (Å²) in [5.41, 5.74) is -4.88. The second-order valence-corrected chi connectivity index (χ2v) is 13.0. The Hall–Kier alpha value is -5.08. The lowest BCUT2D eigenvalue weighted by molar-refractivity contribution is -0.249. The van der Waals surface area contributed by atoms with E-state index in [9.17, 15) is 39.5 Å². The molecule has 1 unspecified atom stereocenters. The fourth-order valence-corrected chi connectivity index (χ4v) is 6.10. The summed E-state index contributed by atoms with van der Waals surface area (Å²) in [7, 11) is 0. The first-order valence-corrected chi connectivity index (χ1v) is 17.1. The molecule has 5 aromatic carbocycles. The molecule has 0 aliphatic carbocycles. The third kappa shape index (κ3) is 9.13. The summed E-state index contributed by atoms with van der Waals surface area (Å²) in [6.07, 6.45) is -9.55. The Kier molecular flexibility index (Phi) is 12.4. The monoisotopic (exact) mass is 804 g/mol. The SMILES string of the molecule is CCCCCCCc1ccc(-c2ccc(-c3cc(F)c(C(F)(F)Oc4ccc(-c5cc(F)c(C(F)(F)C(F)C(F)(F)F)c(F)c5)c(F)c4)c(F)c3)c(F)c2)cc1. The predicted molar refractivity (Wildman–Crippen MR) is 181 cm³/mol. The molecule has 0 spiro atoms. The first-order chi connectivity index (χ1) is 26.2. The molecule has 0 radical (unpaired) electrons. The van der Waals surface area contributed by atoms with Gasteiger partial charge in [-0.1, -0.05) is 69.0 Å². The fraction of sp³-hybridized carbons (Fsp3) is 0.268. The van der Waals surface area contributed by atoms with Gasteiger partial charge in [-0.05, 0) is 83.1 Å². The molecular weight excluding hydrogens is 774 g/mol. The Morgan fingerprint density at radius 3 is 1.46 bits per heavy atom. The highest BCUT2D eigenvalue weighted by Crippen LogP contribution is 2.45. The zero-order valence-electron chi connectivity index (χ0n) is 29.1. The van der Waals surface area contributed by atoms with Crippen LogP contribution in [-0.2, 0) is 18.5 Å². The summed E-state index contributed by atoms with van der Waals surface area (Å²) in [6.45, 7) is 2.13. The van der Waals surface area contributed by atoms with E-state index in [0.29, 0.717) is 35.4 Å². The van der Waals surface area contributed by atoms with E-state index in [-0.39, 0.29) is 23.8 Å². The minimum Gasteiger partial charge on any atom is -0.429 e. The first kappa shape index (κ1) is 42.1. The lowest BCUT2D eigenvalue weighted by Gasteiger charge is -2.24. The molecule has 0 aliphatic heterocycles. The molecule has 0 saturated heterocycles.